The summed E-state index contributed by atoms with van der Waals surface area (Å²) in [5.74, 6) is 0.511. The summed E-state index contributed by atoms with van der Waals surface area (Å²) in [7, 11) is 0. The summed E-state index contributed by atoms with van der Waals surface area (Å²) in [5, 5.41) is 6.13. The average Bonchev–Trinajstić information content (AvgIpc) is 2.62. The molecule has 0 bridgehead atoms. The van der Waals surface area contributed by atoms with Crippen molar-refractivity contribution in [3.05, 3.63) is 65.7 Å². The maximum absolute atomic E-state index is 12.3. The smallest absolute Gasteiger partial charge is 0.257 e. The number of amides is 1. The number of ether oxygens (including phenoxy) is 1. The fourth-order valence-electron chi connectivity index (χ4n) is 2.23. The molecule has 2 unspecified atom stereocenters. The third kappa shape index (κ3) is 5.87. The third-order valence-electron chi connectivity index (χ3n) is 3.90. The van der Waals surface area contributed by atoms with E-state index >= 15 is 0 Å². The zero-order valence-electron chi connectivity index (χ0n) is 14.8. The molecule has 0 aliphatic carbocycles. The van der Waals surface area contributed by atoms with E-state index in [0.29, 0.717) is 10.7 Å². The van der Waals surface area contributed by atoms with E-state index in [1.54, 1.807) is 24.3 Å². The Labute approximate surface area is 154 Å². The summed E-state index contributed by atoms with van der Waals surface area (Å²) in [6.45, 7) is 6.07. The molecule has 4 nitrogen and oxygen atoms in total. The van der Waals surface area contributed by atoms with Crippen LogP contribution in [0.1, 0.15) is 49.2 Å². The van der Waals surface area contributed by atoms with Crippen LogP contribution in [0.4, 0.5) is 0 Å². The molecule has 2 aromatic rings. The highest BCUT2D eigenvalue weighted by atomic mass is 32.1. The van der Waals surface area contributed by atoms with Crippen LogP contribution >= 0.6 is 12.2 Å². The SMILES string of the molecule is CCC(C)Oc1ccc(C(=O)NC(=S)NC(C)c2ccccc2)cc1. The van der Waals surface area contributed by atoms with Crippen LogP contribution in [0.2, 0.25) is 0 Å². The minimum atomic E-state index is -0.243. The lowest BCUT2D eigenvalue weighted by Crippen LogP contribution is -2.40. The first-order valence-electron chi connectivity index (χ1n) is 8.43. The molecule has 0 aliphatic rings. The molecule has 0 spiro atoms. The van der Waals surface area contributed by atoms with Crippen molar-refractivity contribution >= 4 is 23.2 Å². The highest BCUT2D eigenvalue weighted by Gasteiger charge is 2.11. The van der Waals surface area contributed by atoms with E-state index in [-0.39, 0.29) is 18.1 Å². The highest BCUT2D eigenvalue weighted by Crippen LogP contribution is 2.15. The molecule has 1 amide bonds. The largest absolute Gasteiger partial charge is 0.491 e. The van der Waals surface area contributed by atoms with Crippen LogP contribution in [0.3, 0.4) is 0 Å². The number of hydrogen-bond acceptors (Lipinski definition) is 3. The van der Waals surface area contributed by atoms with Gasteiger partial charge in [-0.3, -0.25) is 10.1 Å². The van der Waals surface area contributed by atoms with E-state index in [0.717, 1.165) is 17.7 Å². The predicted octanol–water partition coefficient (Wildman–Crippen LogP) is 4.23. The van der Waals surface area contributed by atoms with Crippen LogP contribution in [0.15, 0.2) is 54.6 Å². The van der Waals surface area contributed by atoms with E-state index in [4.69, 9.17) is 17.0 Å². The lowest BCUT2D eigenvalue weighted by Gasteiger charge is -2.17. The molecule has 2 aromatic carbocycles. The van der Waals surface area contributed by atoms with E-state index < -0.39 is 0 Å². The Morgan fingerprint density at radius 3 is 2.32 bits per heavy atom. The predicted molar refractivity (Wildman–Crippen MR) is 105 cm³/mol. The Kier molecular flexibility index (Phi) is 6.95. The maximum Gasteiger partial charge on any atom is 0.257 e. The number of carbonyl (C=O) groups excluding carboxylic acids is 1. The Bertz CT molecular complexity index is 701. The summed E-state index contributed by atoms with van der Waals surface area (Å²) >= 11 is 5.24. The van der Waals surface area contributed by atoms with E-state index in [9.17, 15) is 4.79 Å². The Morgan fingerprint density at radius 1 is 1.08 bits per heavy atom. The first-order valence-corrected chi connectivity index (χ1v) is 8.84. The van der Waals surface area contributed by atoms with Gasteiger partial charge >= 0.3 is 0 Å². The number of benzene rings is 2. The second kappa shape index (κ2) is 9.18. The van der Waals surface area contributed by atoms with Gasteiger partial charge in [-0.05, 0) is 62.3 Å². The van der Waals surface area contributed by atoms with Crippen molar-refractivity contribution in [2.24, 2.45) is 0 Å². The zero-order chi connectivity index (χ0) is 18.2. The number of thiocarbonyl (C=S) groups is 1. The van der Waals surface area contributed by atoms with E-state index in [1.165, 1.54) is 0 Å². The molecule has 0 saturated carbocycles. The topological polar surface area (TPSA) is 50.4 Å². The number of hydrogen-bond donors (Lipinski definition) is 2. The second-order valence-electron chi connectivity index (χ2n) is 5.92. The number of carbonyl (C=O) groups is 1. The number of nitrogens with one attached hydrogen (secondary N) is 2. The van der Waals surface area contributed by atoms with Crippen molar-refractivity contribution in [1.29, 1.82) is 0 Å². The Morgan fingerprint density at radius 2 is 1.72 bits per heavy atom. The number of rotatable bonds is 6. The van der Waals surface area contributed by atoms with Crippen LogP contribution in [0.5, 0.6) is 5.75 Å². The molecule has 0 fully saturated rings. The molecular formula is C20H24N2O2S. The van der Waals surface area contributed by atoms with Crippen LogP contribution in [-0.2, 0) is 0 Å². The lowest BCUT2D eigenvalue weighted by molar-refractivity contribution is 0.0976. The first kappa shape index (κ1) is 18.9. The zero-order valence-corrected chi connectivity index (χ0v) is 15.6. The van der Waals surface area contributed by atoms with Gasteiger partial charge < -0.3 is 10.1 Å². The Hall–Kier alpha value is -2.40. The minimum Gasteiger partial charge on any atom is -0.491 e. The van der Waals surface area contributed by atoms with Crippen molar-refractivity contribution in [1.82, 2.24) is 10.6 Å². The van der Waals surface area contributed by atoms with Gasteiger partial charge in [-0.2, -0.15) is 0 Å². The average molecular weight is 356 g/mol. The molecule has 2 atom stereocenters. The molecule has 0 aliphatic heterocycles. The summed E-state index contributed by atoms with van der Waals surface area (Å²) in [5.41, 5.74) is 1.64. The van der Waals surface area contributed by atoms with Crippen molar-refractivity contribution in [3.63, 3.8) is 0 Å². The van der Waals surface area contributed by atoms with Gasteiger partial charge in [0, 0.05) is 5.56 Å². The van der Waals surface area contributed by atoms with E-state index in [2.05, 4.69) is 17.6 Å². The van der Waals surface area contributed by atoms with Crippen molar-refractivity contribution < 1.29 is 9.53 Å². The second-order valence-corrected chi connectivity index (χ2v) is 6.33. The minimum absolute atomic E-state index is 0.0142. The van der Waals surface area contributed by atoms with Crippen LogP contribution in [0.25, 0.3) is 0 Å². The summed E-state index contributed by atoms with van der Waals surface area (Å²) in [4.78, 5) is 12.3. The quantitative estimate of drug-likeness (QED) is 0.761. The molecule has 132 valence electrons. The molecule has 25 heavy (non-hydrogen) atoms. The summed E-state index contributed by atoms with van der Waals surface area (Å²) < 4.78 is 5.71. The first-order chi connectivity index (χ1) is 12.0. The summed E-state index contributed by atoms with van der Waals surface area (Å²) in [6.07, 6.45) is 1.08. The third-order valence-corrected chi connectivity index (χ3v) is 4.12. The molecule has 0 radical (unpaired) electrons. The van der Waals surface area contributed by atoms with Gasteiger partial charge in [0.25, 0.3) is 5.91 Å². The fraction of sp³-hybridized carbons (Fsp3) is 0.300. The Balaban J connectivity index is 1.89. The van der Waals surface area contributed by atoms with Gasteiger partial charge in [-0.25, -0.2) is 0 Å². The fourth-order valence-corrected chi connectivity index (χ4v) is 2.50. The lowest BCUT2D eigenvalue weighted by atomic mass is 10.1. The van der Waals surface area contributed by atoms with Gasteiger partial charge in [-0.15, -0.1) is 0 Å². The normalized spacial score (nSPS) is 12.8. The molecule has 2 N–H and O–H groups in total. The van der Waals surface area contributed by atoms with Gasteiger partial charge in [-0.1, -0.05) is 37.3 Å². The van der Waals surface area contributed by atoms with Crippen LogP contribution in [-0.4, -0.2) is 17.1 Å². The highest BCUT2D eigenvalue weighted by molar-refractivity contribution is 7.80. The van der Waals surface area contributed by atoms with Gasteiger partial charge in [0.05, 0.1) is 12.1 Å². The van der Waals surface area contributed by atoms with Gasteiger partial charge in [0.2, 0.25) is 0 Å². The van der Waals surface area contributed by atoms with Crippen LogP contribution < -0.4 is 15.4 Å². The van der Waals surface area contributed by atoms with E-state index in [1.807, 2.05) is 44.2 Å². The molecular weight excluding hydrogens is 332 g/mol. The molecule has 0 aromatic heterocycles. The monoisotopic (exact) mass is 356 g/mol. The standard InChI is InChI=1S/C20H24N2O2S/c1-4-14(2)24-18-12-10-17(11-13-18)19(23)22-20(25)21-15(3)16-8-6-5-7-9-16/h5-15H,4H2,1-3H3,(H2,21,22,23,25). The maximum atomic E-state index is 12.3. The van der Waals surface area contributed by atoms with Gasteiger partial charge in [0.15, 0.2) is 5.11 Å². The summed E-state index contributed by atoms with van der Waals surface area (Å²) in [6, 6.07) is 17.0. The van der Waals surface area contributed by atoms with Crippen molar-refractivity contribution in [3.8, 4) is 5.75 Å². The van der Waals surface area contributed by atoms with Gasteiger partial charge in [0.1, 0.15) is 5.75 Å². The van der Waals surface area contributed by atoms with Crippen molar-refractivity contribution in [2.75, 3.05) is 0 Å². The molecule has 5 heteroatoms. The molecule has 0 heterocycles. The molecule has 0 saturated heterocycles. The van der Waals surface area contributed by atoms with Crippen LogP contribution in [0, 0.1) is 0 Å². The molecule has 2 rings (SSSR count). The van der Waals surface area contributed by atoms with Crippen molar-refractivity contribution in [2.45, 2.75) is 39.3 Å².